The topological polar surface area (TPSA) is 9.23 Å². The van der Waals surface area contributed by atoms with E-state index in [1.165, 1.54) is 141 Å². The molecular weight excluding hydrogens is 328 g/mol. The molecule has 0 unspecified atom stereocenters. The highest BCUT2D eigenvalue weighted by Gasteiger charge is 1.95. The van der Waals surface area contributed by atoms with E-state index in [0.29, 0.717) is 0 Å². The quantitative estimate of drug-likeness (QED) is 0.151. The summed E-state index contributed by atoms with van der Waals surface area (Å²) in [5, 5.41) is 0. The van der Waals surface area contributed by atoms with Gasteiger partial charge in [0.05, 0.1) is 0 Å². The molecule has 0 aliphatic carbocycles. The van der Waals surface area contributed by atoms with Gasteiger partial charge < -0.3 is 4.74 Å². The molecule has 0 atom stereocenters. The van der Waals surface area contributed by atoms with Crippen LogP contribution >= 0.6 is 0 Å². The predicted octanol–water partition coefficient (Wildman–Crippen LogP) is 9.62. The van der Waals surface area contributed by atoms with Gasteiger partial charge in [0.1, 0.15) is 0 Å². The van der Waals surface area contributed by atoms with Gasteiger partial charge in [-0.2, -0.15) is 0 Å². The Labute approximate surface area is 173 Å². The third-order valence-electron chi connectivity index (χ3n) is 5.78. The number of hydrogen-bond acceptors (Lipinski definition) is 1. The lowest BCUT2D eigenvalue weighted by molar-refractivity contribution is 0.125. The van der Waals surface area contributed by atoms with Gasteiger partial charge in [-0.1, -0.05) is 142 Å². The van der Waals surface area contributed by atoms with E-state index in [4.69, 9.17) is 4.74 Å². The first-order valence-electron chi connectivity index (χ1n) is 13.0. The highest BCUT2D eigenvalue weighted by atomic mass is 16.5. The van der Waals surface area contributed by atoms with Crippen molar-refractivity contribution in [1.29, 1.82) is 0 Å². The summed E-state index contributed by atoms with van der Waals surface area (Å²) in [6.45, 7) is 6.54. The average molecular weight is 383 g/mol. The standard InChI is InChI=1S/C26H54O/c1-3-5-7-9-10-11-12-13-14-15-16-17-18-19-20-21-22-24-26-27-25-23-8-6-4-2/h3-26H2,1-2H3. The van der Waals surface area contributed by atoms with Crippen molar-refractivity contribution in [2.75, 3.05) is 13.2 Å². The molecule has 0 aromatic carbocycles. The van der Waals surface area contributed by atoms with Gasteiger partial charge in [0, 0.05) is 13.2 Å². The van der Waals surface area contributed by atoms with Crippen molar-refractivity contribution >= 4 is 0 Å². The van der Waals surface area contributed by atoms with E-state index in [9.17, 15) is 0 Å². The Morgan fingerprint density at radius 3 is 0.815 bits per heavy atom. The summed E-state index contributed by atoms with van der Waals surface area (Å²) in [5.41, 5.74) is 0. The Morgan fingerprint density at radius 2 is 0.519 bits per heavy atom. The minimum atomic E-state index is 0.985. The van der Waals surface area contributed by atoms with Gasteiger partial charge in [0.15, 0.2) is 0 Å². The van der Waals surface area contributed by atoms with Crippen molar-refractivity contribution < 1.29 is 4.74 Å². The van der Waals surface area contributed by atoms with Crippen molar-refractivity contribution in [2.24, 2.45) is 0 Å². The summed E-state index contributed by atoms with van der Waals surface area (Å²) < 4.78 is 5.71. The highest BCUT2D eigenvalue weighted by Crippen LogP contribution is 2.14. The van der Waals surface area contributed by atoms with Gasteiger partial charge in [-0.25, -0.2) is 0 Å². The summed E-state index contributed by atoms with van der Waals surface area (Å²) in [4.78, 5) is 0. The van der Waals surface area contributed by atoms with Gasteiger partial charge in [-0.05, 0) is 12.8 Å². The van der Waals surface area contributed by atoms with Crippen LogP contribution in [0.15, 0.2) is 0 Å². The third kappa shape index (κ3) is 26.0. The fraction of sp³-hybridized carbons (Fsp3) is 1.00. The maximum Gasteiger partial charge on any atom is 0.0466 e. The van der Waals surface area contributed by atoms with E-state index >= 15 is 0 Å². The maximum absolute atomic E-state index is 5.71. The molecular formula is C26H54O. The minimum Gasteiger partial charge on any atom is -0.381 e. The molecule has 1 heteroatoms. The molecule has 0 amide bonds. The van der Waals surface area contributed by atoms with Crippen molar-refractivity contribution in [3.63, 3.8) is 0 Å². The zero-order chi connectivity index (χ0) is 19.7. The molecule has 0 N–H and O–H groups in total. The lowest BCUT2D eigenvalue weighted by Crippen LogP contribution is -1.97. The SMILES string of the molecule is CCCCCCCCCCCCCCCCCCCCOCCCCCC. The minimum absolute atomic E-state index is 0.985. The van der Waals surface area contributed by atoms with Crippen molar-refractivity contribution in [3.8, 4) is 0 Å². The Kier molecular flexibility index (Phi) is 25.9. The van der Waals surface area contributed by atoms with E-state index in [1.807, 2.05) is 0 Å². The van der Waals surface area contributed by atoms with Crippen LogP contribution < -0.4 is 0 Å². The summed E-state index contributed by atoms with van der Waals surface area (Å²) >= 11 is 0. The Balaban J connectivity index is 2.95. The molecule has 0 saturated heterocycles. The van der Waals surface area contributed by atoms with Crippen LogP contribution in [0, 0.1) is 0 Å². The molecule has 164 valence electrons. The van der Waals surface area contributed by atoms with Crippen molar-refractivity contribution in [1.82, 2.24) is 0 Å². The van der Waals surface area contributed by atoms with Crippen LogP contribution in [0.1, 0.15) is 155 Å². The molecule has 0 aliphatic rings. The second kappa shape index (κ2) is 26.0. The van der Waals surface area contributed by atoms with Gasteiger partial charge in [-0.15, -0.1) is 0 Å². The van der Waals surface area contributed by atoms with Crippen LogP contribution in [0.2, 0.25) is 0 Å². The molecule has 0 aromatic rings. The second-order valence-electron chi connectivity index (χ2n) is 8.68. The zero-order valence-electron chi connectivity index (χ0n) is 19.4. The van der Waals surface area contributed by atoms with Crippen LogP contribution in [0.25, 0.3) is 0 Å². The van der Waals surface area contributed by atoms with E-state index in [0.717, 1.165) is 13.2 Å². The van der Waals surface area contributed by atoms with Gasteiger partial charge in [0.25, 0.3) is 0 Å². The molecule has 0 fully saturated rings. The fourth-order valence-corrected chi connectivity index (χ4v) is 3.84. The smallest absolute Gasteiger partial charge is 0.0466 e. The van der Waals surface area contributed by atoms with E-state index in [-0.39, 0.29) is 0 Å². The van der Waals surface area contributed by atoms with E-state index in [1.54, 1.807) is 0 Å². The van der Waals surface area contributed by atoms with E-state index < -0.39 is 0 Å². The van der Waals surface area contributed by atoms with Crippen LogP contribution in [0.3, 0.4) is 0 Å². The lowest BCUT2D eigenvalue weighted by Gasteiger charge is -2.05. The molecule has 27 heavy (non-hydrogen) atoms. The molecule has 0 heterocycles. The lowest BCUT2D eigenvalue weighted by atomic mass is 10.0. The van der Waals surface area contributed by atoms with Gasteiger partial charge >= 0.3 is 0 Å². The molecule has 0 spiro atoms. The predicted molar refractivity (Wildman–Crippen MR) is 124 cm³/mol. The molecule has 0 aromatic heterocycles. The average Bonchev–Trinajstić information content (AvgIpc) is 2.68. The first-order chi connectivity index (χ1) is 13.4. The maximum atomic E-state index is 5.71. The summed E-state index contributed by atoms with van der Waals surface area (Å²) in [7, 11) is 0. The van der Waals surface area contributed by atoms with E-state index in [2.05, 4.69) is 13.8 Å². The number of unbranched alkanes of at least 4 members (excludes halogenated alkanes) is 20. The number of hydrogen-bond donors (Lipinski definition) is 0. The van der Waals surface area contributed by atoms with Crippen molar-refractivity contribution in [3.05, 3.63) is 0 Å². The third-order valence-corrected chi connectivity index (χ3v) is 5.78. The Morgan fingerprint density at radius 1 is 0.296 bits per heavy atom. The molecule has 0 bridgehead atoms. The van der Waals surface area contributed by atoms with Crippen LogP contribution in [-0.4, -0.2) is 13.2 Å². The molecule has 0 radical (unpaired) electrons. The Hall–Kier alpha value is -0.0400. The van der Waals surface area contributed by atoms with Gasteiger partial charge in [0.2, 0.25) is 0 Å². The van der Waals surface area contributed by atoms with Crippen LogP contribution in [0.4, 0.5) is 0 Å². The molecule has 1 nitrogen and oxygen atoms in total. The number of ether oxygens (including phenoxy) is 1. The molecule has 0 saturated carbocycles. The normalized spacial score (nSPS) is 11.3. The first kappa shape index (κ1) is 27.0. The van der Waals surface area contributed by atoms with Crippen molar-refractivity contribution in [2.45, 2.75) is 155 Å². The second-order valence-corrected chi connectivity index (χ2v) is 8.68. The largest absolute Gasteiger partial charge is 0.381 e. The monoisotopic (exact) mass is 382 g/mol. The zero-order valence-corrected chi connectivity index (χ0v) is 19.4. The molecule has 0 rings (SSSR count). The fourth-order valence-electron chi connectivity index (χ4n) is 3.84. The van der Waals surface area contributed by atoms with Gasteiger partial charge in [-0.3, -0.25) is 0 Å². The molecule has 0 aliphatic heterocycles. The summed E-state index contributed by atoms with van der Waals surface area (Å²) in [5.74, 6) is 0. The Bertz CT molecular complexity index is 214. The first-order valence-corrected chi connectivity index (χ1v) is 13.0. The summed E-state index contributed by atoms with van der Waals surface area (Å²) in [6, 6.07) is 0. The number of rotatable bonds is 24. The highest BCUT2D eigenvalue weighted by molar-refractivity contribution is 4.50. The summed E-state index contributed by atoms with van der Waals surface area (Å²) in [6.07, 6.45) is 31.3. The van der Waals surface area contributed by atoms with Crippen LogP contribution in [0.5, 0.6) is 0 Å². The van der Waals surface area contributed by atoms with Crippen LogP contribution in [-0.2, 0) is 4.74 Å².